The molecule has 78 heavy (non-hydrogen) atoms. The molecule has 0 aliphatic carbocycles. The molecule has 2 saturated heterocycles. The lowest BCUT2D eigenvalue weighted by molar-refractivity contribution is -0.118. The average molecular weight is 1080 g/mol. The first-order valence-corrected chi connectivity index (χ1v) is 27.8. The Morgan fingerprint density at radius 2 is 1.23 bits per heavy atom. The monoisotopic (exact) mass is 1080 g/mol. The molecule has 3 heterocycles. The van der Waals surface area contributed by atoms with Crippen LogP contribution >= 0.6 is 11.6 Å². The summed E-state index contributed by atoms with van der Waals surface area (Å²) in [6.07, 6.45) is 10.7. The maximum Gasteiger partial charge on any atom is 0.262 e. The van der Waals surface area contributed by atoms with Gasteiger partial charge in [0.1, 0.15) is 48.0 Å². The summed E-state index contributed by atoms with van der Waals surface area (Å²) < 4.78 is 22.6. The number of fused-ring (bicyclic) bond motifs is 1. The second-order valence-corrected chi connectivity index (χ2v) is 18.1. The van der Waals surface area contributed by atoms with Gasteiger partial charge in [0.05, 0.1) is 60.4 Å². The van der Waals surface area contributed by atoms with E-state index < -0.39 is 5.91 Å². The summed E-state index contributed by atoms with van der Waals surface area (Å²) in [5.74, 6) is 0.787. The van der Waals surface area contributed by atoms with Crippen molar-refractivity contribution in [1.82, 2.24) is 25.4 Å². The molecule has 0 saturated carbocycles. The van der Waals surface area contributed by atoms with Crippen LogP contribution in [0.1, 0.15) is 108 Å². The van der Waals surface area contributed by atoms with Gasteiger partial charge in [0.15, 0.2) is 0 Å². The van der Waals surface area contributed by atoms with Crippen molar-refractivity contribution in [3.63, 3.8) is 0 Å². The number of pyridine rings is 1. The molecule has 2 aliphatic heterocycles. The van der Waals surface area contributed by atoms with E-state index in [0.717, 1.165) is 131 Å². The standard InChI is InChI=1S/C30H36N4O3.C29H31ClN4O3.2C2H6/c1-3-8-29(25-13-15-27(16-14-25)37-22-19-34-17-20-36-21-18-34)33-30(35)26(23-31)11-5-4-9-24-10-6-7-12-28(24)32-2;1-2-4-27(21-8-11-25(12-9-21)37-18-15-34-13-16-36-17-14-34)33-29(35)23(20-31)19-24-10-7-22-5-3-6-26(30)28(22)32-24;2*1-2/h4,6-7,9-16,29H,2-3,5,8,17-22H2,1H3,(H,33,35);3,5-12,19,27H,2,4,13-18H2,1H3,(H,33,35);2*1-2H3/b9-4-,26-11+;23-19+;;. The number of benzene rings is 4. The molecular weight excluding hydrogens is 1000 g/mol. The van der Waals surface area contributed by atoms with Crippen molar-refractivity contribution in [2.45, 2.75) is 85.7 Å². The van der Waals surface area contributed by atoms with Gasteiger partial charge in [-0.25, -0.2) is 4.98 Å². The third kappa shape index (κ3) is 21.3. The summed E-state index contributed by atoms with van der Waals surface area (Å²) in [6.45, 7) is 25.5. The summed E-state index contributed by atoms with van der Waals surface area (Å²) in [7, 11) is 0. The molecule has 0 spiro atoms. The van der Waals surface area contributed by atoms with Crippen LogP contribution in [0.4, 0.5) is 5.69 Å². The van der Waals surface area contributed by atoms with Crippen molar-refractivity contribution >= 4 is 58.9 Å². The maximum absolute atomic E-state index is 13.0. The third-order valence-corrected chi connectivity index (χ3v) is 12.8. The minimum absolute atomic E-state index is 0.0110. The maximum atomic E-state index is 13.0. The SMILES string of the molecule is C=Nc1ccccc1/C=C\C/C=C(\C#N)C(=O)NC(CCC)c1ccc(OCCN2CCOCC2)cc1.CC.CC.CCCC(NC(=O)/C(C#N)=C/c1ccc2cccc(Cl)c2n1)c1ccc(OCCN2CCOCC2)cc1. The first-order chi connectivity index (χ1) is 38.2. The van der Waals surface area contributed by atoms with E-state index in [1.807, 2.05) is 143 Å². The van der Waals surface area contributed by atoms with E-state index in [2.05, 4.69) is 51.0 Å². The van der Waals surface area contributed by atoms with Gasteiger partial charge in [0.2, 0.25) is 0 Å². The highest BCUT2D eigenvalue weighted by molar-refractivity contribution is 6.35. The molecule has 15 heteroatoms. The van der Waals surface area contributed by atoms with Gasteiger partial charge < -0.3 is 29.6 Å². The van der Waals surface area contributed by atoms with Crippen LogP contribution < -0.4 is 20.1 Å². The Labute approximate surface area is 468 Å². The van der Waals surface area contributed by atoms with E-state index in [1.165, 1.54) is 6.08 Å². The number of nitrogens with one attached hydrogen (secondary N) is 2. The summed E-state index contributed by atoms with van der Waals surface area (Å²) in [4.78, 5) is 39.1. The van der Waals surface area contributed by atoms with Crippen LogP contribution in [0.2, 0.25) is 5.02 Å². The van der Waals surface area contributed by atoms with Crippen LogP contribution in [0.15, 0.2) is 131 Å². The molecule has 2 unspecified atom stereocenters. The van der Waals surface area contributed by atoms with Gasteiger partial charge >= 0.3 is 0 Å². The van der Waals surface area contributed by atoms with Crippen LogP contribution in [0.5, 0.6) is 11.5 Å². The Morgan fingerprint density at radius 1 is 0.718 bits per heavy atom. The number of hydrogen-bond donors (Lipinski definition) is 2. The number of nitrogens with zero attached hydrogens (tertiary/aromatic N) is 6. The highest BCUT2D eigenvalue weighted by atomic mass is 35.5. The Balaban J connectivity index is 0.000000316. The van der Waals surface area contributed by atoms with E-state index in [-0.39, 0.29) is 29.1 Å². The van der Waals surface area contributed by atoms with E-state index in [4.69, 9.17) is 30.5 Å². The largest absolute Gasteiger partial charge is 0.492 e. The zero-order valence-corrected chi connectivity index (χ0v) is 47.3. The number of hydrogen-bond acceptors (Lipinski definition) is 12. The minimum atomic E-state index is -0.437. The molecule has 7 rings (SSSR count). The van der Waals surface area contributed by atoms with Crippen molar-refractivity contribution in [1.29, 1.82) is 10.5 Å². The molecule has 4 aromatic carbocycles. The van der Waals surface area contributed by atoms with E-state index >= 15 is 0 Å². The quantitative estimate of drug-likeness (QED) is 0.0362. The van der Waals surface area contributed by atoms with Gasteiger partial charge in [-0.2, -0.15) is 10.5 Å². The smallest absolute Gasteiger partial charge is 0.262 e. The number of morpholine rings is 2. The predicted molar refractivity (Wildman–Crippen MR) is 316 cm³/mol. The number of allylic oxidation sites excluding steroid dienone is 2. The van der Waals surface area contributed by atoms with E-state index in [1.54, 1.807) is 18.2 Å². The fraction of sp³-hybridized carbons (Fsp3) is 0.397. The molecule has 2 amide bonds. The molecule has 2 N–H and O–H groups in total. The highest BCUT2D eigenvalue weighted by Gasteiger charge is 2.20. The number of amides is 2. The molecule has 2 aliphatic rings. The first-order valence-electron chi connectivity index (χ1n) is 27.4. The van der Waals surface area contributed by atoms with Gasteiger partial charge in [-0.1, -0.05) is 145 Å². The second kappa shape index (κ2) is 36.8. The van der Waals surface area contributed by atoms with E-state index in [9.17, 15) is 20.1 Å². The predicted octanol–water partition coefficient (Wildman–Crippen LogP) is 12.5. The van der Waals surface area contributed by atoms with Crippen LogP contribution in [0, 0.1) is 22.7 Å². The number of carbonyl (C=O) groups excluding carboxylic acids is 2. The topological polar surface area (TPSA) is 174 Å². The lowest BCUT2D eigenvalue weighted by atomic mass is 10.0. The fourth-order valence-corrected chi connectivity index (χ4v) is 8.59. The van der Waals surface area contributed by atoms with Crippen LogP contribution in [-0.2, 0) is 19.1 Å². The number of halogens is 1. The number of para-hydroxylation sites is 2. The Hall–Kier alpha value is -7.17. The van der Waals surface area contributed by atoms with Crippen molar-refractivity contribution < 1.29 is 28.5 Å². The molecule has 14 nitrogen and oxygen atoms in total. The number of rotatable bonds is 23. The lowest BCUT2D eigenvalue weighted by Gasteiger charge is -2.26. The van der Waals surface area contributed by atoms with Crippen LogP contribution in [0.3, 0.4) is 0 Å². The molecule has 5 aromatic rings. The van der Waals surface area contributed by atoms with Crippen molar-refractivity contribution in [2.75, 3.05) is 78.9 Å². The minimum Gasteiger partial charge on any atom is -0.492 e. The number of carbonyl (C=O) groups is 2. The molecule has 1 aromatic heterocycles. The Bertz CT molecular complexity index is 2770. The number of aromatic nitrogens is 1. The fourth-order valence-electron chi connectivity index (χ4n) is 8.37. The zero-order valence-electron chi connectivity index (χ0n) is 46.5. The Kier molecular flexibility index (Phi) is 29.9. The number of nitriles is 2. The summed E-state index contributed by atoms with van der Waals surface area (Å²) in [6, 6.07) is 36.1. The van der Waals surface area contributed by atoms with Crippen LogP contribution in [-0.4, -0.2) is 112 Å². The van der Waals surface area contributed by atoms with Crippen molar-refractivity contribution in [2.24, 2.45) is 4.99 Å². The molecule has 0 bridgehead atoms. The zero-order chi connectivity index (χ0) is 56.3. The molecular formula is C63H79ClN8O6. The molecule has 2 fully saturated rings. The van der Waals surface area contributed by atoms with E-state index in [0.29, 0.717) is 35.9 Å². The highest BCUT2D eigenvalue weighted by Crippen LogP contribution is 2.26. The second-order valence-electron chi connectivity index (χ2n) is 17.7. The Morgan fingerprint density at radius 3 is 1.73 bits per heavy atom. The van der Waals surface area contributed by atoms with Gasteiger partial charge in [-0.05, 0) is 91.2 Å². The first kappa shape index (κ1) is 63.4. The van der Waals surface area contributed by atoms with Crippen LogP contribution in [0.25, 0.3) is 23.1 Å². The van der Waals surface area contributed by atoms with Crippen molar-refractivity contribution in [3.8, 4) is 23.6 Å². The van der Waals surface area contributed by atoms with Crippen molar-refractivity contribution in [3.05, 3.63) is 154 Å². The molecule has 0 radical (unpaired) electrons. The number of aliphatic imine (C=N–C) groups is 1. The number of ether oxygens (including phenoxy) is 4. The molecule has 2 atom stereocenters. The normalized spacial score (nSPS) is 14.6. The van der Waals surface area contributed by atoms with Gasteiger partial charge in [0, 0.05) is 44.7 Å². The average Bonchev–Trinajstić information content (AvgIpc) is 3.49. The van der Waals surface area contributed by atoms with Gasteiger partial charge in [0.25, 0.3) is 11.8 Å². The summed E-state index contributed by atoms with van der Waals surface area (Å²) in [5, 5.41) is 26.7. The summed E-state index contributed by atoms with van der Waals surface area (Å²) in [5.41, 5.74) is 4.89. The lowest BCUT2D eigenvalue weighted by Crippen LogP contribution is -2.38. The van der Waals surface area contributed by atoms with Gasteiger partial charge in [-0.3, -0.25) is 24.4 Å². The third-order valence-electron chi connectivity index (χ3n) is 12.5. The van der Waals surface area contributed by atoms with Gasteiger partial charge in [-0.15, -0.1) is 0 Å². The molecule has 414 valence electrons. The summed E-state index contributed by atoms with van der Waals surface area (Å²) >= 11 is 6.27.